The van der Waals surface area contributed by atoms with Gasteiger partial charge in [-0.2, -0.15) is 0 Å². The highest BCUT2D eigenvalue weighted by Crippen LogP contribution is 2.17. The molecule has 1 aromatic rings. The predicted molar refractivity (Wildman–Crippen MR) is 57.1 cm³/mol. The Morgan fingerprint density at radius 1 is 1.36 bits per heavy atom. The number of hydrogen-bond donors (Lipinski definition) is 1. The second-order valence-corrected chi connectivity index (χ2v) is 3.66. The fourth-order valence-corrected chi connectivity index (χ4v) is 1.71. The molecule has 1 N–H and O–H groups in total. The molecule has 3 nitrogen and oxygen atoms in total. The molecule has 0 unspecified atom stereocenters. The molecule has 0 spiro atoms. The molecule has 1 saturated heterocycles. The summed E-state index contributed by atoms with van der Waals surface area (Å²) in [7, 11) is 5.51. The maximum absolute atomic E-state index is 9.36. The van der Waals surface area contributed by atoms with Crippen LogP contribution in [-0.4, -0.2) is 37.1 Å². The highest BCUT2D eigenvalue weighted by atomic mass is 16.3. The number of piperidine rings is 1. The van der Waals surface area contributed by atoms with Crippen molar-refractivity contribution in [3.8, 4) is 0 Å². The normalized spacial score (nSPS) is 18.5. The molecule has 0 aromatic carbocycles. The van der Waals surface area contributed by atoms with Gasteiger partial charge in [0.1, 0.15) is 7.85 Å². The lowest BCUT2D eigenvalue weighted by Gasteiger charge is -2.31. The molecular weight excluding hydrogens is 175 g/mol. The average molecular weight is 188 g/mol. The van der Waals surface area contributed by atoms with Crippen molar-refractivity contribution in [3.05, 3.63) is 18.3 Å². The van der Waals surface area contributed by atoms with Crippen LogP contribution in [0.2, 0.25) is 0 Å². The van der Waals surface area contributed by atoms with Crippen molar-refractivity contribution in [1.29, 1.82) is 0 Å². The third-order valence-corrected chi connectivity index (χ3v) is 2.60. The fraction of sp³-hybridized carbons (Fsp3) is 0.500. The molecule has 0 atom stereocenters. The summed E-state index contributed by atoms with van der Waals surface area (Å²) in [4.78, 5) is 6.27. The number of aromatic nitrogens is 1. The molecule has 4 heteroatoms. The standard InChI is InChI=1S/C10H13BN2O/c11-10-2-1-8(7-12-10)13-5-3-9(14)4-6-13/h1-2,7,9,14H,3-6H2. The lowest BCUT2D eigenvalue weighted by molar-refractivity contribution is 0.145. The lowest BCUT2D eigenvalue weighted by atomic mass is 10.0. The molecule has 1 aromatic heterocycles. The summed E-state index contributed by atoms with van der Waals surface area (Å²) in [5.41, 5.74) is 1.64. The monoisotopic (exact) mass is 188 g/mol. The summed E-state index contributed by atoms with van der Waals surface area (Å²) in [5.74, 6) is 0. The van der Waals surface area contributed by atoms with Gasteiger partial charge in [-0.25, -0.2) is 0 Å². The fourth-order valence-electron chi connectivity index (χ4n) is 1.71. The second kappa shape index (κ2) is 4.01. The molecule has 0 bridgehead atoms. The highest BCUT2D eigenvalue weighted by Gasteiger charge is 2.16. The van der Waals surface area contributed by atoms with Gasteiger partial charge in [-0.1, -0.05) is 0 Å². The lowest BCUT2D eigenvalue weighted by Crippen LogP contribution is -2.36. The van der Waals surface area contributed by atoms with E-state index in [0.717, 1.165) is 31.6 Å². The number of anilines is 1. The second-order valence-electron chi connectivity index (χ2n) is 3.66. The van der Waals surface area contributed by atoms with Crippen LogP contribution in [0.1, 0.15) is 12.8 Å². The summed E-state index contributed by atoms with van der Waals surface area (Å²) >= 11 is 0. The van der Waals surface area contributed by atoms with Crippen LogP contribution in [0.15, 0.2) is 18.3 Å². The first kappa shape index (κ1) is 9.53. The van der Waals surface area contributed by atoms with Crippen molar-refractivity contribution in [3.63, 3.8) is 0 Å². The molecule has 1 fully saturated rings. The minimum absolute atomic E-state index is 0.131. The van der Waals surface area contributed by atoms with Crippen molar-refractivity contribution >= 4 is 19.1 Å². The van der Waals surface area contributed by atoms with Gasteiger partial charge in [-0.15, -0.1) is 0 Å². The van der Waals surface area contributed by atoms with Gasteiger partial charge in [0.25, 0.3) is 0 Å². The van der Waals surface area contributed by atoms with E-state index in [0.29, 0.717) is 5.59 Å². The van der Waals surface area contributed by atoms with Crippen LogP contribution in [0.25, 0.3) is 0 Å². The van der Waals surface area contributed by atoms with E-state index >= 15 is 0 Å². The molecule has 72 valence electrons. The zero-order valence-electron chi connectivity index (χ0n) is 8.06. The topological polar surface area (TPSA) is 36.4 Å². The van der Waals surface area contributed by atoms with Crippen molar-refractivity contribution in [2.75, 3.05) is 18.0 Å². The van der Waals surface area contributed by atoms with Gasteiger partial charge in [0.05, 0.1) is 11.8 Å². The Bertz CT molecular complexity index is 293. The smallest absolute Gasteiger partial charge is 0.141 e. The Kier molecular flexibility index (Phi) is 2.73. The molecule has 0 aliphatic carbocycles. The SMILES string of the molecule is [B]c1ccc(N2CCC(O)CC2)cn1. The van der Waals surface area contributed by atoms with E-state index in [1.165, 1.54) is 0 Å². The third-order valence-electron chi connectivity index (χ3n) is 2.60. The van der Waals surface area contributed by atoms with E-state index in [9.17, 15) is 5.11 Å². The Labute approximate surface area is 85.2 Å². The summed E-state index contributed by atoms with van der Waals surface area (Å²) in [6, 6.07) is 3.78. The largest absolute Gasteiger partial charge is 0.393 e. The predicted octanol–water partition coefficient (Wildman–Crippen LogP) is -0.164. The molecule has 2 rings (SSSR count). The highest BCUT2D eigenvalue weighted by molar-refractivity contribution is 6.30. The molecule has 2 heterocycles. The summed E-state index contributed by atoms with van der Waals surface area (Å²) in [6.07, 6.45) is 3.33. The van der Waals surface area contributed by atoms with E-state index in [4.69, 9.17) is 7.85 Å². The molecule has 0 saturated carbocycles. The van der Waals surface area contributed by atoms with Gasteiger partial charge in [0, 0.05) is 19.3 Å². The van der Waals surface area contributed by atoms with Crippen LogP contribution >= 0.6 is 0 Å². The molecule has 2 radical (unpaired) electrons. The number of aliphatic hydroxyl groups is 1. The maximum Gasteiger partial charge on any atom is 0.141 e. The van der Waals surface area contributed by atoms with Crippen molar-refractivity contribution in [2.24, 2.45) is 0 Å². The quantitative estimate of drug-likeness (QED) is 0.622. The number of rotatable bonds is 1. The Morgan fingerprint density at radius 2 is 2.07 bits per heavy atom. The number of pyridine rings is 1. The molecule has 1 aliphatic rings. The number of hydrogen-bond acceptors (Lipinski definition) is 3. The van der Waals surface area contributed by atoms with E-state index in [-0.39, 0.29) is 6.10 Å². The van der Waals surface area contributed by atoms with Gasteiger partial charge in [0.15, 0.2) is 0 Å². The summed E-state index contributed by atoms with van der Waals surface area (Å²) in [5, 5.41) is 9.36. The van der Waals surface area contributed by atoms with Crippen LogP contribution in [0.3, 0.4) is 0 Å². The van der Waals surface area contributed by atoms with Crippen LogP contribution in [-0.2, 0) is 0 Å². The first-order valence-corrected chi connectivity index (χ1v) is 4.90. The molecule has 0 amide bonds. The van der Waals surface area contributed by atoms with Crippen LogP contribution < -0.4 is 10.5 Å². The van der Waals surface area contributed by atoms with E-state index in [1.807, 2.05) is 6.07 Å². The zero-order chi connectivity index (χ0) is 9.97. The average Bonchev–Trinajstić information content (AvgIpc) is 2.21. The first-order valence-electron chi connectivity index (χ1n) is 4.90. The molecular formula is C10H13BN2O. The third kappa shape index (κ3) is 2.07. The Balaban J connectivity index is 2.05. The van der Waals surface area contributed by atoms with Gasteiger partial charge >= 0.3 is 0 Å². The molecule has 14 heavy (non-hydrogen) atoms. The summed E-state index contributed by atoms with van der Waals surface area (Å²) < 4.78 is 0. The van der Waals surface area contributed by atoms with Crippen LogP contribution in [0, 0.1) is 0 Å². The summed E-state index contributed by atoms with van der Waals surface area (Å²) in [6.45, 7) is 1.79. The van der Waals surface area contributed by atoms with E-state index in [1.54, 1.807) is 12.3 Å². The van der Waals surface area contributed by atoms with Crippen molar-refractivity contribution < 1.29 is 5.11 Å². The maximum atomic E-state index is 9.36. The van der Waals surface area contributed by atoms with Crippen molar-refractivity contribution in [2.45, 2.75) is 18.9 Å². The van der Waals surface area contributed by atoms with Gasteiger partial charge < -0.3 is 10.0 Å². The zero-order valence-corrected chi connectivity index (χ0v) is 8.06. The van der Waals surface area contributed by atoms with Gasteiger partial charge in [0.2, 0.25) is 0 Å². The van der Waals surface area contributed by atoms with Crippen molar-refractivity contribution in [1.82, 2.24) is 4.98 Å². The van der Waals surface area contributed by atoms with Gasteiger partial charge in [-0.3, -0.25) is 4.98 Å². The van der Waals surface area contributed by atoms with Crippen LogP contribution in [0.5, 0.6) is 0 Å². The van der Waals surface area contributed by atoms with E-state index < -0.39 is 0 Å². The van der Waals surface area contributed by atoms with E-state index in [2.05, 4.69) is 9.88 Å². The minimum atomic E-state index is -0.131. The minimum Gasteiger partial charge on any atom is -0.393 e. The Morgan fingerprint density at radius 3 is 2.64 bits per heavy atom. The molecule has 1 aliphatic heterocycles. The van der Waals surface area contributed by atoms with Gasteiger partial charge in [-0.05, 0) is 30.6 Å². The number of aliphatic hydroxyl groups excluding tert-OH is 1. The Hall–Kier alpha value is -1.03. The number of nitrogens with zero attached hydrogens (tertiary/aromatic N) is 2. The van der Waals surface area contributed by atoms with Crippen LogP contribution in [0.4, 0.5) is 5.69 Å². The first-order chi connectivity index (χ1) is 6.75.